The number of carbonyl (C=O) groups excluding carboxylic acids is 1. The van der Waals surface area contributed by atoms with Gasteiger partial charge in [-0.3, -0.25) is 4.79 Å². The molecule has 1 heterocycles. The molecule has 0 bridgehead atoms. The fourth-order valence-corrected chi connectivity index (χ4v) is 1.98. The number of hydrogen-bond donors (Lipinski definition) is 1. The van der Waals surface area contributed by atoms with Crippen molar-refractivity contribution in [3.8, 4) is 6.07 Å². The molecule has 1 amide bonds. The van der Waals surface area contributed by atoms with Crippen LogP contribution < -0.4 is 5.32 Å². The number of nitrogens with zero attached hydrogens (tertiary/aromatic N) is 1. The largest absolute Gasteiger partial charge is 0.338 e. The summed E-state index contributed by atoms with van der Waals surface area (Å²) in [6, 6.07) is 1.82. The first-order valence-corrected chi connectivity index (χ1v) is 4.81. The maximum Gasteiger partial charge on any atom is 0.263 e. The van der Waals surface area contributed by atoms with Crippen LogP contribution in [0.1, 0.15) is 15.2 Å². The Morgan fingerprint density at radius 1 is 1.85 bits per heavy atom. The van der Waals surface area contributed by atoms with Crippen molar-refractivity contribution < 1.29 is 4.79 Å². The lowest BCUT2D eigenvalue weighted by Gasteiger charge is -1.97. The van der Waals surface area contributed by atoms with E-state index in [4.69, 9.17) is 16.9 Å². The summed E-state index contributed by atoms with van der Waals surface area (Å²) < 4.78 is 0. The van der Waals surface area contributed by atoms with Gasteiger partial charge < -0.3 is 5.32 Å². The summed E-state index contributed by atoms with van der Waals surface area (Å²) in [4.78, 5) is 11.8. The molecule has 0 atom stereocenters. The third-order valence-corrected chi connectivity index (χ3v) is 3.13. The summed E-state index contributed by atoms with van der Waals surface area (Å²) in [7, 11) is 0. The van der Waals surface area contributed by atoms with E-state index in [1.54, 1.807) is 0 Å². The molecular weight excluding hydrogens is 208 g/mol. The van der Waals surface area contributed by atoms with Gasteiger partial charge in [0, 0.05) is 0 Å². The topological polar surface area (TPSA) is 52.9 Å². The summed E-state index contributed by atoms with van der Waals surface area (Å²) in [6.07, 6.45) is 0. The number of hydrogen-bond acceptors (Lipinski definition) is 3. The fourth-order valence-electron chi connectivity index (χ4n) is 0.783. The molecule has 13 heavy (non-hydrogen) atoms. The van der Waals surface area contributed by atoms with Gasteiger partial charge in [0.25, 0.3) is 5.91 Å². The molecule has 0 aliphatic rings. The number of nitriles is 1. The number of nitrogens with one attached hydrogen (secondary N) is 1. The normalized spacial score (nSPS) is 9.31. The first-order chi connectivity index (χ1) is 6.16. The Balaban J connectivity index is 2.78. The van der Waals surface area contributed by atoms with Gasteiger partial charge >= 0.3 is 0 Å². The standard InChI is InChI=1S/C8H7ClN2OS/c1-5-4-13-7(6(5)9)8(12)11-3-2-10/h4H,3H2,1H3,(H,11,12). The Morgan fingerprint density at radius 3 is 3.00 bits per heavy atom. The van der Waals surface area contributed by atoms with Gasteiger partial charge in [0.15, 0.2) is 0 Å². The zero-order chi connectivity index (χ0) is 9.84. The minimum absolute atomic E-state index is 0.00606. The van der Waals surface area contributed by atoms with Crippen molar-refractivity contribution in [1.29, 1.82) is 5.26 Å². The minimum Gasteiger partial charge on any atom is -0.338 e. The second kappa shape index (κ2) is 4.26. The predicted molar refractivity (Wildman–Crippen MR) is 52.0 cm³/mol. The van der Waals surface area contributed by atoms with Crippen LogP contribution in [0.3, 0.4) is 0 Å². The van der Waals surface area contributed by atoms with Crippen LogP contribution in [0.25, 0.3) is 0 Å². The SMILES string of the molecule is Cc1csc(C(=O)NCC#N)c1Cl. The zero-order valence-electron chi connectivity index (χ0n) is 6.93. The van der Waals surface area contributed by atoms with E-state index in [0.717, 1.165) is 5.56 Å². The lowest BCUT2D eigenvalue weighted by atomic mass is 10.3. The number of aryl methyl sites for hydroxylation is 1. The van der Waals surface area contributed by atoms with Gasteiger partial charge in [-0.1, -0.05) is 11.6 Å². The maximum absolute atomic E-state index is 11.3. The number of halogens is 1. The summed E-state index contributed by atoms with van der Waals surface area (Å²) in [5.74, 6) is -0.287. The molecule has 0 spiro atoms. The first kappa shape index (κ1) is 10.0. The molecule has 0 fully saturated rings. The van der Waals surface area contributed by atoms with Gasteiger partial charge in [-0.15, -0.1) is 11.3 Å². The van der Waals surface area contributed by atoms with E-state index in [1.165, 1.54) is 11.3 Å². The zero-order valence-corrected chi connectivity index (χ0v) is 8.50. The smallest absolute Gasteiger partial charge is 0.263 e. The molecule has 0 aromatic carbocycles. The molecule has 1 aromatic rings. The van der Waals surface area contributed by atoms with Crippen LogP contribution in [0.4, 0.5) is 0 Å². The van der Waals surface area contributed by atoms with Crippen molar-refractivity contribution in [1.82, 2.24) is 5.32 Å². The van der Waals surface area contributed by atoms with Crippen molar-refractivity contribution in [3.63, 3.8) is 0 Å². The summed E-state index contributed by atoms with van der Waals surface area (Å²) in [5.41, 5.74) is 0.883. The van der Waals surface area contributed by atoms with E-state index in [1.807, 2.05) is 18.4 Å². The molecule has 3 nitrogen and oxygen atoms in total. The fraction of sp³-hybridized carbons (Fsp3) is 0.250. The Labute approximate surface area is 84.9 Å². The Morgan fingerprint density at radius 2 is 2.54 bits per heavy atom. The monoisotopic (exact) mass is 214 g/mol. The summed E-state index contributed by atoms with van der Waals surface area (Å²) in [6.45, 7) is 1.84. The minimum atomic E-state index is -0.287. The first-order valence-electron chi connectivity index (χ1n) is 3.55. The molecule has 68 valence electrons. The third kappa shape index (κ3) is 2.20. The highest BCUT2D eigenvalue weighted by molar-refractivity contribution is 7.13. The highest BCUT2D eigenvalue weighted by Gasteiger charge is 2.13. The molecule has 1 rings (SSSR count). The Hall–Kier alpha value is -1.05. The molecule has 1 N–H and O–H groups in total. The van der Waals surface area contributed by atoms with Crippen molar-refractivity contribution in [3.05, 3.63) is 20.8 Å². The van der Waals surface area contributed by atoms with E-state index in [-0.39, 0.29) is 12.5 Å². The van der Waals surface area contributed by atoms with E-state index >= 15 is 0 Å². The molecule has 0 saturated carbocycles. The second-order valence-electron chi connectivity index (χ2n) is 2.40. The van der Waals surface area contributed by atoms with E-state index in [2.05, 4.69) is 5.32 Å². The molecule has 0 saturated heterocycles. The number of thiophene rings is 1. The molecular formula is C8H7ClN2OS. The Kier molecular flexibility index (Phi) is 3.29. The quantitative estimate of drug-likeness (QED) is 0.766. The lowest BCUT2D eigenvalue weighted by molar-refractivity contribution is 0.0962. The average Bonchev–Trinajstić information content (AvgIpc) is 2.44. The number of amides is 1. The van der Waals surface area contributed by atoms with Gasteiger partial charge in [0.05, 0.1) is 11.1 Å². The van der Waals surface area contributed by atoms with Crippen LogP contribution >= 0.6 is 22.9 Å². The molecule has 0 aliphatic carbocycles. The van der Waals surface area contributed by atoms with Gasteiger partial charge in [-0.05, 0) is 17.9 Å². The van der Waals surface area contributed by atoms with E-state index < -0.39 is 0 Å². The van der Waals surface area contributed by atoms with Crippen molar-refractivity contribution >= 4 is 28.8 Å². The molecule has 0 unspecified atom stereocenters. The highest BCUT2D eigenvalue weighted by atomic mass is 35.5. The van der Waals surface area contributed by atoms with Crippen LogP contribution in [-0.2, 0) is 0 Å². The second-order valence-corrected chi connectivity index (χ2v) is 3.66. The van der Waals surface area contributed by atoms with Crippen molar-refractivity contribution in [2.75, 3.05) is 6.54 Å². The molecule has 0 radical (unpaired) electrons. The molecule has 1 aromatic heterocycles. The van der Waals surface area contributed by atoms with E-state index in [0.29, 0.717) is 9.90 Å². The van der Waals surface area contributed by atoms with Gasteiger partial charge in [0.1, 0.15) is 11.4 Å². The predicted octanol–water partition coefficient (Wildman–Crippen LogP) is 1.96. The van der Waals surface area contributed by atoms with Gasteiger partial charge in [-0.25, -0.2) is 0 Å². The van der Waals surface area contributed by atoms with Crippen molar-refractivity contribution in [2.24, 2.45) is 0 Å². The third-order valence-electron chi connectivity index (χ3n) is 1.43. The number of carbonyl (C=O) groups is 1. The van der Waals surface area contributed by atoms with Gasteiger partial charge in [0.2, 0.25) is 0 Å². The van der Waals surface area contributed by atoms with Crippen LogP contribution in [0.2, 0.25) is 5.02 Å². The molecule has 0 aliphatic heterocycles. The number of rotatable bonds is 2. The van der Waals surface area contributed by atoms with Crippen LogP contribution in [-0.4, -0.2) is 12.5 Å². The maximum atomic E-state index is 11.3. The van der Waals surface area contributed by atoms with Crippen LogP contribution in [0.5, 0.6) is 0 Å². The molecule has 5 heteroatoms. The average molecular weight is 215 g/mol. The Bertz CT molecular complexity index is 367. The summed E-state index contributed by atoms with van der Waals surface area (Å²) >= 11 is 7.13. The van der Waals surface area contributed by atoms with Crippen LogP contribution in [0, 0.1) is 18.3 Å². The van der Waals surface area contributed by atoms with Crippen LogP contribution in [0.15, 0.2) is 5.38 Å². The summed E-state index contributed by atoms with van der Waals surface area (Å²) in [5, 5.41) is 13.0. The lowest BCUT2D eigenvalue weighted by Crippen LogP contribution is -2.22. The van der Waals surface area contributed by atoms with E-state index in [9.17, 15) is 4.79 Å². The highest BCUT2D eigenvalue weighted by Crippen LogP contribution is 2.26. The van der Waals surface area contributed by atoms with Crippen molar-refractivity contribution in [2.45, 2.75) is 6.92 Å². The van der Waals surface area contributed by atoms with Gasteiger partial charge in [-0.2, -0.15) is 5.26 Å².